The van der Waals surface area contributed by atoms with Crippen molar-refractivity contribution in [3.05, 3.63) is 18.2 Å². The van der Waals surface area contributed by atoms with Gasteiger partial charge in [-0.25, -0.2) is 4.98 Å². The van der Waals surface area contributed by atoms with Crippen molar-refractivity contribution < 1.29 is 5.11 Å². The van der Waals surface area contributed by atoms with Crippen molar-refractivity contribution in [2.24, 2.45) is 5.92 Å². The Bertz CT molecular complexity index is 244. The lowest BCUT2D eigenvalue weighted by atomic mass is 9.99. The molecule has 3 heteroatoms. The van der Waals surface area contributed by atoms with Crippen LogP contribution in [0.25, 0.3) is 0 Å². The zero-order valence-electron chi connectivity index (χ0n) is 6.40. The zero-order chi connectivity index (χ0) is 7.68. The van der Waals surface area contributed by atoms with Gasteiger partial charge in [-0.15, -0.1) is 0 Å². The van der Waals surface area contributed by atoms with Gasteiger partial charge >= 0.3 is 0 Å². The molecule has 11 heavy (non-hydrogen) atoms. The summed E-state index contributed by atoms with van der Waals surface area (Å²) < 4.78 is 2.13. The number of nitrogens with zero attached hydrogens (tertiary/aromatic N) is 2. The van der Waals surface area contributed by atoms with E-state index in [2.05, 4.69) is 9.55 Å². The summed E-state index contributed by atoms with van der Waals surface area (Å²) in [5.74, 6) is 0.441. The SMILES string of the molecule is OCC1CCc2cncn2C1. The molecule has 0 aliphatic carbocycles. The molecule has 0 saturated carbocycles. The number of hydrogen-bond acceptors (Lipinski definition) is 2. The predicted octanol–water partition coefficient (Wildman–Crippen LogP) is 0.438. The summed E-state index contributed by atoms with van der Waals surface area (Å²) in [4.78, 5) is 4.05. The third-order valence-corrected chi connectivity index (χ3v) is 2.32. The predicted molar refractivity (Wildman–Crippen MR) is 41.1 cm³/mol. The molecule has 0 amide bonds. The van der Waals surface area contributed by atoms with Gasteiger partial charge in [0.1, 0.15) is 0 Å². The van der Waals surface area contributed by atoms with Crippen LogP contribution in [0.5, 0.6) is 0 Å². The fraction of sp³-hybridized carbons (Fsp3) is 0.625. The van der Waals surface area contributed by atoms with Crippen molar-refractivity contribution in [1.82, 2.24) is 9.55 Å². The van der Waals surface area contributed by atoms with E-state index in [1.165, 1.54) is 5.69 Å². The summed E-state index contributed by atoms with van der Waals surface area (Å²) in [5.41, 5.74) is 1.30. The van der Waals surface area contributed by atoms with Gasteiger partial charge in [0.2, 0.25) is 0 Å². The van der Waals surface area contributed by atoms with E-state index in [4.69, 9.17) is 5.11 Å². The quantitative estimate of drug-likeness (QED) is 0.634. The molecule has 2 heterocycles. The van der Waals surface area contributed by atoms with Gasteiger partial charge in [0.25, 0.3) is 0 Å². The van der Waals surface area contributed by atoms with E-state index >= 15 is 0 Å². The van der Waals surface area contributed by atoms with Crippen LogP contribution in [0.3, 0.4) is 0 Å². The second-order valence-corrected chi connectivity index (χ2v) is 3.12. The van der Waals surface area contributed by atoms with Crippen LogP contribution in [0.4, 0.5) is 0 Å². The first-order valence-electron chi connectivity index (χ1n) is 4.00. The van der Waals surface area contributed by atoms with Gasteiger partial charge in [0, 0.05) is 31.0 Å². The van der Waals surface area contributed by atoms with Gasteiger partial charge in [-0.05, 0) is 12.8 Å². The molecule has 1 atom stereocenters. The fourth-order valence-electron chi connectivity index (χ4n) is 1.59. The van der Waals surface area contributed by atoms with Crippen LogP contribution in [-0.2, 0) is 13.0 Å². The number of rotatable bonds is 1. The minimum atomic E-state index is 0.303. The lowest BCUT2D eigenvalue weighted by Crippen LogP contribution is -2.21. The smallest absolute Gasteiger partial charge is 0.0948 e. The summed E-state index contributed by atoms with van der Waals surface area (Å²) in [6.07, 6.45) is 5.91. The molecule has 2 rings (SSSR count). The van der Waals surface area contributed by atoms with Crippen molar-refractivity contribution in [3.63, 3.8) is 0 Å². The van der Waals surface area contributed by atoms with Gasteiger partial charge < -0.3 is 9.67 Å². The number of aromatic nitrogens is 2. The average molecular weight is 152 g/mol. The maximum absolute atomic E-state index is 8.92. The standard InChI is InChI=1S/C8H12N2O/c11-5-7-1-2-8-3-9-6-10(8)4-7/h3,6-7,11H,1-2,4-5H2. The van der Waals surface area contributed by atoms with E-state index in [-0.39, 0.29) is 0 Å². The highest BCUT2D eigenvalue weighted by Crippen LogP contribution is 2.18. The van der Waals surface area contributed by atoms with Crippen molar-refractivity contribution in [3.8, 4) is 0 Å². The molecule has 1 aromatic heterocycles. The maximum atomic E-state index is 8.92. The van der Waals surface area contributed by atoms with Crippen LogP contribution in [0.2, 0.25) is 0 Å². The molecule has 0 spiro atoms. The second kappa shape index (κ2) is 2.66. The van der Waals surface area contributed by atoms with E-state index in [0.29, 0.717) is 12.5 Å². The van der Waals surface area contributed by atoms with Crippen LogP contribution in [0, 0.1) is 5.92 Å². The summed E-state index contributed by atoms with van der Waals surface area (Å²) >= 11 is 0. The number of aliphatic hydroxyl groups is 1. The molecule has 60 valence electrons. The number of imidazole rings is 1. The summed E-state index contributed by atoms with van der Waals surface area (Å²) in [7, 11) is 0. The van der Waals surface area contributed by atoms with Crippen LogP contribution in [0.1, 0.15) is 12.1 Å². The first-order valence-corrected chi connectivity index (χ1v) is 4.00. The molecule has 0 fully saturated rings. The average Bonchev–Trinajstić information content (AvgIpc) is 2.50. The van der Waals surface area contributed by atoms with Crippen molar-refractivity contribution in [2.75, 3.05) is 6.61 Å². The molecular weight excluding hydrogens is 140 g/mol. The van der Waals surface area contributed by atoms with Gasteiger partial charge in [0.15, 0.2) is 0 Å². The second-order valence-electron chi connectivity index (χ2n) is 3.12. The molecule has 3 nitrogen and oxygen atoms in total. The van der Waals surface area contributed by atoms with Crippen LogP contribution >= 0.6 is 0 Å². The zero-order valence-corrected chi connectivity index (χ0v) is 6.40. The molecular formula is C8H12N2O. The lowest BCUT2D eigenvalue weighted by molar-refractivity contribution is 0.191. The van der Waals surface area contributed by atoms with E-state index < -0.39 is 0 Å². The largest absolute Gasteiger partial charge is 0.396 e. The normalized spacial score (nSPS) is 23.2. The Balaban J connectivity index is 2.18. The van der Waals surface area contributed by atoms with Crippen LogP contribution in [-0.4, -0.2) is 21.3 Å². The molecule has 1 aliphatic heterocycles. The van der Waals surface area contributed by atoms with E-state index in [9.17, 15) is 0 Å². The number of hydrogen-bond donors (Lipinski definition) is 1. The molecule has 0 saturated heterocycles. The Kier molecular flexibility index (Phi) is 1.66. The van der Waals surface area contributed by atoms with E-state index in [1.54, 1.807) is 0 Å². The topological polar surface area (TPSA) is 38.1 Å². The molecule has 1 aromatic rings. The maximum Gasteiger partial charge on any atom is 0.0948 e. The minimum absolute atomic E-state index is 0.303. The Morgan fingerprint density at radius 1 is 1.73 bits per heavy atom. The van der Waals surface area contributed by atoms with Crippen molar-refractivity contribution in [1.29, 1.82) is 0 Å². The summed E-state index contributed by atoms with van der Waals surface area (Å²) in [6.45, 7) is 1.24. The van der Waals surface area contributed by atoms with E-state index in [1.807, 2.05) is 12.5 Å². The molecule has 1 N–H and O–H groups in total. The van der Waals surface area contributed by atoms with Gasteiger partial charge in [-0.2, -0.15) is 0 Å². The van der Waals surface area contributed by atoms with Gasteiger partial charge in [0.05, 0.1) is 6.33 Å². The highest BCUT2D eigenvalue weighted by molar-refractivity contribution is 5.01. The Hall–Kier alpha value is -0.830. The summed E-state index contributed by atoms with van der Waals surface area (Å²) in [5, 5.41) is 8.92. The number of aliphatic hydroxyl groups excluding tert-OH is 1. The molecule has 0 radical (unpaired) electrons. The lowest BCUT2D eigenvalue weighted by Gasteiger charge is -2.21. The van der Waals surface area contributed by atoms with Crippen LogP contribution in [0.15, 0.2) is 12.5 Å². The van der Waals surface area contributed by atoms with E-state index in [0.717, 1.165) is 19.4 Å². The highest BCUT2D eigenvalue weighted by atomic mass is 16.3. The first kappa shape index (κ1) is 6.85. The Labute approximate surface area is 65.7 Å². The van der Waals surface area contributed by atoms with Crippen LogP contribution < -0.4 is 0 Å². The minimum Gasteiger partial charge on any atom is -0.396 e. The third-order valence-electron chi connectivity index (χ3n) is 2.32. The molecule has 1 aliphatic rings. The monoisotopic (exact) mass is 152 g/mol. The van der Waals surface area contributed by atoms with Crippen molar-refractivity contribution in [2.45, 2.75) is 19.4 Å². The van der Waals surface area contributed by atoms with Gasteiger partial charge in [-0.3, -0.25) is 0 Å². The Morgan fingerprint density at radius 2 is 2.64 bits per heavy atom. The molecule has 0 bridgehead atoms. The molecule has 0 aromatic carbocycles. The highest BCUT2D eigenvalue weighted by Gasteiger charge is 2.16. The number of fused-ring (bicyclic) bond motifs is 1. The van der Waals surface area contributed by atoms with Gasteiger partial charge in [-0.1, -0.05) is 0 Å². The first-order chi connectivity index (χ1) is 5.40. The fourth-order valence-corrected chi connectivity index (χ4v) is 1.59. The third kappa shape index (κ3) is 1.16. The number of aryl methyl sites for hydroxylation is 1. The Morgan fingerprint density at radius 3 is 3.45 bits per heavy atom. The molecule has 1 unspecified atom stereocenters. The van der Waals surface area contributed by atoms with Crippen molar-refractivity contribution >= 4 is 0 Å². The summed E-state index contributed by atoms with van der Waals surface area (Å²) in [6, 6.07) is 0.